The van der Waals surface area contributed by atoms with E-state index in [2.05, 4.69) is 0 Å². The number of aromatic hydroxyl groups is 2. The number of phenols is 2. The van der Waals surface area contributed by atoms with Crippen LogP contribution >= 0.6 is 10.7 Å². The van der Waals surface area contributed by atoms with Gasteiger partial charge in [0.1, 0.15) is 0 Å². The van der Waals surface area contributed by atoms with Crippen molar-refractivity contribution in [3.63, 3.8) is 0 Å². The normalized spacial score (nSPS) is 11.7. The van der Waals surface area contributed by atoms with Gasteiger partial charge in [-0.25, -0.2) is 8.42 Å². The van der Waals surface area contributed by atoms with Crippen molar-refractivity contribution in [2.45, 2.75) is 12.7 Å². The summed E-state index contributed by atoms with van der Waals surface area (Å²) in [6.45, 7) is 1.38. The van der Waals surface area contributed by atoms with Gasteiger partial charge in [0.15, 0.2) is 11.5 Å². The van der Waals surface area contributed by atoms with Crippen LogP contribution in [0.1, 0.15) is 11.1 Å². The lowest BCUT2D eigenvalue weighted by atomic mass is 10.1. The molecule has 4 nitrogen and oxygen atoms in total. The van der Waals surface area contributed by atoms with Crippen molar-refractivity contribution < 1.29 is 23.0 Å². The van der Waals surface area contributed by atoms with Crippen molar-refractivity contribution in [3.8, 4) is 11.5 Å². The minimum atomic E-state index is -3.88. The number of phenolic OH excluding ortho intramolecular Hbond substituents is 2. The van der Waals surface area contributed by atoms with Gasteiger partial charge in [-0.1, -0.05) is 0 Å². The molecular weight excluding hydrogens is 247 g/mol. The maximum Gasteiger partial charge on any atom is 0.236 e. The van der Waals surface area contributed by atoms with Gasteiger partial charge in [0.25, 0.3) is 0 Å². The third-order valence-corrected chi connectivity index (χ3v) is 2.80. The van der Waals surface area contributed by atoms with E-state index in [1.807, 2.05) is 0 Å². The molecule has 0 heterocycles. The second-order valence-electron chi connectivity index (χ2n) is 3.05. The predicted octanol–water partition coefficient (Wildman–Crippen LogP) is 1.61. The quantitative estimate of drug-likeness (QED) is 0.787. The standard InChI is InChI=1S/C8H8ClFO4S/c1-4-2-5(3-15(9,13)14)8(12)6(10)7(4)11/h2,11-12H,3H2,1H3. The van der Waals surface area contributed by atoms with Gasteiger partial charge in [-0.3, -0.25) is 0 Å². The van der Waals surface area contributed by atoms with Crippen LogP contribution < -0.4 is 0 Å². The third-order valence-electron chi connectivity index (χ3n) is 1.81. The van der Waals surface area contributed by atoms with Crippen LogP contribution in [-0.4, -0.2) is 18.6 Å². The lowest BCUT2D eigenvalue weighted by molar-refractivity contribution is 0.384. The van der Waals surface area contributed by atoms with Gasteiger partial charge in [-0.2, -0.15) is 4.39 Å². The molecule has 15 heavy (non-hydrogen) atoms. The van der Waals surface area contributed by atoms with Crippen LogP contribution in [0.5, 0.6) is 11.5 Å². The van der Waals surface area contributed by atoms with Crippen molar-refractivity contribution >= 4 is 19.7 Å². The van der Waals surface area contributed by atoms with Crippen LogP contribution in [0, 0.1) is 12.7 Å². The summed E-state index contributed by atoms with van der Waals surface area (Å²) in [5, 5.41) is 18.3. The Morgan fingerprint density at radius 2 is 1.93 bits per heavy atom. The second-order valence-corrected chi connectivity index (χ2v) is 5.82. The molecule has 7 heteroatoms. The molecule has 1 aromatic rings. The lowest BCUT2D eigenvalue weighted by Crippen LogP contribution is -1.98. The van der Waals surface area contributed by atoms with E-state index in [0.29, 0.717) is 0 Å². The summed E-state index contributed by atoms with van der Waals surface area (Å²) in [5.41, 5.74) is -0.0570. The summed E-state index contributed by atoms with van der Waals surface area (Å²) >= 11 is 0. The molecule has 0 aromatic heterocycles. The molecule has 0 atom stereocenters. The first-order valence-corrected chi connectivity index (χ1v) is 6.32. The third kappa shape index (κ3) is 2.73. The molecule has 1 rings (SSSR count). The van der Waals surface area contributed by atoms with Crippen molar-refractivity contribution in [1.29, 1.82) is 0 Å². The summed E-state index contributed by atoms with van der Waals surface area (Å²) in [5.74, 6) is -3.55. The zero-order chi connectivity index (χ0) is 11.8. The molecule has 0 aliphatic carbocycles. The topological polar surface area (TPSA) is 74.6 Å². The summed E-state index contributed by atoms with van der Waals surface area (Å²) in [4.78, 5) is 0. The number of hydrogen-bond acceptors (Lipinski definition) is 4. The summed E-state index contributed by atoms with van der Waals surface area (Å²) in [6, 6.07) is 1.16. The monoisotopic (exact) mass is 254 g/mol. The molecule has 0 amide bonds. The molecule has 0 radical (unpaired) electrons. The Morgan fingerprint density at radius 1 is 1.40 bits per heavy atom. The van der Waals surface area contributed by atoms with Crippen LogP contribution in [-0.2, 0) is 14.8 Å². The fraction of sp³-hybridized carbons (Fsp3) is 0.250. The predicted molar refractivity (Wildman–Crippen MR) is 52.9 cm³/mol. The Morgan fingerprint density at radius 3 is 2.40 bits per heavy atom. The molecule has 84 valence electrons. The van der Waals surface area contributed by atoms with E-state index in [9.17, 15) is 17.9 Å². The van der Waals surface area contributed by atoms with Gasteiger partial charge >= 0.3 is 0 Å². The molecule has 0 aliphatic heterocycles. The van der Waals surface area contributed by atoms with Gasteiger partial charge in [0.05, 0.1) is 5.75 Å². The summed E-state index contributed by atoms with van der Waals surface area (Å²) in [6.07, 6.45) is 0. The van der Waals surface area contributed by atoms with Crippen molar-refractivity contribution in [1.82, 2.24) is 0 Å². The molecule has 2 N–H and O–H groups in total. The Labute approximate surface area is 90.3 Å². The van der Waals surface area contributed by atoms with Gasteiger partial charge in [-0.15, -0.1) is 0 Å². The van der Waals surface area contributed by atoms with Gasteiger partial charge in [0, 0.05) is 16.2 Å². The minimum Gasteiger partial charge on any atom is -0.505 e. The van der Waals surface area contributed by atoms with Crippen LogP contribution in [0.25, 0.3) is 0 Å². The number of benzene rings is 1. The van der Waals surface area contributed by atoms with E-state index >= 15 is 0 Å². The van der Waals surface area contributed by atoms with E-state index in [1.54, 1.807) is 0 Å². The van der Waals surface area contributed by atoms with Crippen LogP contribution in [0.2, 0.25) is 0 Å². The van der Waals surface area contributed by atoms with Gasteiger partial charge < -0.3 is 10.2 Å². The molecule has 0 spiro atoms. The number of hydrogen-bond donors (Lipinski definition) is 2. The molecule has 0 saturated carbocycles. The average Bonchev–Trinajstić information content (AvgIpc) is 2.08. The molecular formula is C8H8ClFO4S. The Hall–Kier alpha value is -1.01. The SMILES string of the molecule is Cc1cc(CS(=O)(=O)Cl)c(O)c(F)c1O. The fourth-order valence-corrected chi connectivity index (χ4v) is 2.06. The molecule has 0 fully saturated rings. The van der Waals surface area contributed by atoms with E-state index in [0.717, 1.165) is 6.07 Å². The van der Waals surface area contributed by atoms with Crippen LogP contribution in [0.15, 0.2) is 6.07 Å². The first-order chi connectivity index (χ1) is 6.72. The highest BCUT2D eigenvalue weighted by molar-refractivity contribution is 8.13. The second kappa shape index (κ2) is 3.86. The van der Waals surface area contributed by atoms with E-state index < -0.39 is 32.1 Å². The van der Waals surface area contributed by atoms with E-state index in [4.69, 9.17) is 15.8 Å². The summed E-state index contributed by atoms with van der Waals surface area (Å²) in [7, 11) is 1.08. The zero-order valence-electron chi connectivity index (χ0n) is 7.66. The highest BCUT2D eigenvalue weighted by atomic mass is 35.7. The maximum absolute atomic E-state index is 13.1. The smallest absolute Gasteiger partial charge is 0.236 e. The maximum atomic E-state index is 13.1. The lowest BCUT2D eigenvalue weighted by Gasteiger charge is -2.07. The Balaban J connectivity index is 3.33. The van der Waals surface area contributed by atoms with E-state index in [1.165, 1.54) is 6.92 Å². The Bertz CT molecular complexity index is 498. The average molecular weight is 255 g/mol. The highest BCUT2D eigenvalue weighted by Crippen LogP contribution is 2.33. The van der Waals surface area contributed by atoms with Crippen LogP contribution in [0.4, 0.5) is 4.39 Å². The van der Waals surface area contributed by atoms with Crippen molar-refractivity contribution in [2.75, 3.05) is 0 Å². The summed E-state index contributed by atoms with van der Waals surface area (Å²) < 4.78 is 34.5. The molecule has 0 bridgehead atoms. The molecule has 0 saturated heterocycles. The zero-order valence-corrected chi connectivity index (χ0v) is 9.23. The Kier molecular flexibility index (Phi) is 3.11. The molecule has 0 aliphatic rings. The van der Waals surface area contributed by atoms with Gasteiger partial charge in [0.2, 0.25) is 14.9 Å². The first kappa shape index (κ1) is 12.1. The van der Waals surface area contributed by atoms with Crippen molar-refractivity contribution in [3.05, 3.63) is 23.0 Å². The minimum absolute atomic E-state index is 0.126. The van der Waals surface area contributed by atoms with Crippen LogP contribution in [0.3, 0.4) is 0 Å². The van der Waals surface area contributed by atoms with Crippen molar-refractivity contribution in [2.24, 2.45) is 0 Å². The first-order valence-electron chi connectivity index (χ1n) is 3.84. The fourth-order valence-electron chi connectivity index (χ4n) is 1.12. The largest absolute Gasteiger partial charge is 0.505 e. The number of halogens is 2. The molecule has 1 aromatic carbocycles. The number of aryl methyl sites for hydroxylation is 1. The molecule has 0 unspecified atom stereocenters. The highest BCUT2D eigenvalue weighted by Gasteiger charge is 2.18. The number of rotatable bonds is 2. The van der Waals surface area contributed by atoms with Gasteiger partial charge in [-0.05, 0) is 18.6 Å². The van der Waals surface area contributed by atoms with E-state index in [-0.39, 0.29) is 11.1 Å².